The van der Waals surface area contributed by atoms with E-state index in [1.807, 2.05) is 0 Å². The molecule has 0 heterocycles. The van der Waals surface area contributed by atoms with E-state index in [0.29, 0.717) is 0 Å². The van der Waals surface area contributed by atoms with E-state index in [0.717, 1.165) is 6.07 Å². The third-order valence-corrected chi connectivity index (χ3v) is 2.01. The number of Topliss-reactive ketones (excluding diaryl/α,β-unsaturated/α-hetero) is 1. The van der Waals surface area contributed by atoms with Crippen LogP contribution in [0.1, 0.15) is 10.4 Å². The second kappa shape index (κ2) is 3.94. The van der Waals surface area contributed by atoms with Crippen LogP contribution in [0, 0.1) is 5.82 Å². The highest BCUT2D eigenvalue weighted by Gasteiger charge is 2.15. The molecule has 0 aliphatic rings. The lowest BCUT2D eigenvalue weighted by Gasteiger charge is -2.03. The Balaban J connectivity index is 3.28. The number of hydrogen-bond donors (Lipinski definition) is 1. The fourth-order valence-electron chi connectivity index (χ4n) is 0.926. The second-order valence-electron chi connectivity index (χ2n) is 2.42. The number of nitrogens with two attached hydrogens (primary N) is 1. The number of alkyl halides is 1. The number of anilines is 1. The van der Waals surface area contributed by atoms with E-state index in [4.69, 9.17) is 28.9 Å². The maximum absolute atomic E-state index is 13.1. The summed E-state index contributed by atoms with van der Waals surface area (Å²) in [5, 5.41) is -0.0110. The van der Waals surface area contributed by atoms with Crippen LogP contribution < -0.4 is 5.73 Å². The van der Waals surface area contributed by atoms with Crippen molar-refractivity contribution in [2.45, 2.75) is 0 Å². The lowest BCUT2D eigenvalue weighted by Crippen LogP contribution is -2.05. The van der Waals surface area contributed by atoms with Gasteiger partial charge in [0.2, 0.25) is 0 Å². The zero-order valence-corrected chi connectivity index (χ0v) is 7.99. The maximum atomic E-state index is 13.1. The van der Waals surface area contributed by atoms with Gasteiger partial charge >= 0.3 is 0 Å². The van der Waals surface area contributed by atoms with Gasteiger partial charge in [0.05, 0.1) is 16.5 Å². The first-order valence-electron chi connectivity index (χ1n) is 3.40. The van der Waals surface area contributed by atoms with Crippen molar-refractivity contribution >= 4 is 34.7 Å². The van der Waals surface area contributed by atoms with Gasteiger partial charge in [-0.2, -0.15) is 0 Å². The standard InChI is InChI=1S/C8H6Cl2FNO/c9-3-7(13)8-5(10)1-4(12)2-6(8)11/h1-2H,3,12H2. The van der Waals surface area contributed by atoms with Crippen LogP contribution in [0.15, 0.2) is 12.1 Å². The molecule has 0 aliphatic carbocycles. The van der Waals surface area contributed by atoms with Crippen molar-refractivity contribution in [2.24, 2.45) is 0 Å². The van der Waals surface area contributed by atoms with Crippen molar-refractivity contribution in [2.75, 3.05) is 11.6 Å². The largest absolute Gasteiger partial charge is 0.399 e. The molecular weight excluding hydrogens is 216 g/mol. The number of rotatable bonds is 2. The molecule has 0 spiro atoms. The molecule has 2 nitrogen and oxygen atoms in total. The number of hydrogen-bond acceptors (Lipinski definition) is 2. The first kappa shape index (κ1) is 10.3. The molecule has 13 heavy (non-hydrogen) atoms. The van der Waals surface area contributed by atoms with Gasteiger partial charge in [-0.3, -0.25) is 4.79 Å². The van der Waals surface area contributed by atoms with E-state index in [9.17, 15) is 9.18 Å². The van der Waals surface area contributed by atoms with Crippen molar-refractivity contribution < 1.29 is 9.18 Å². The highest BCUT2D eigenvalue weighted by molar-refractivity contribution is 6.37. The summed E-state index contributed by atoms with van der Waals surface area (Å²) in [7, 11) is 0. The zero-order chi connectivity index (χ0) is 10.0. The summed E-state index contributed by atoms with van der Waals surface area (Å²) in [5.41, 5.74) is 5.27. The molecule has 1 aromatic rings. The predicted molar refractivity (Wildman–Crippen MR) is 50.9 cm³/mol. The average molecular weight is 222 g/mol. The summed E-state index contributed by atoms with van der Waals surface area (Å²) < 4.78 is 13.1. The molecule has 5 heteroatoms. The van der Waals surface area contributed by atoms with Gasteiger partial charge < -0.3 is 5.73 Å². The smallest absolute Gasteiger partial charge is 0.182 e. The third kappa shape index (κ3) is 2.11. The molecule has 0 fully saturated rings. The fraction of sp³-hybridized carbons (Fsp3) is 0.125. The first-order valence-corrected chi connectivity index (χ1v) is 4.31. The minimum absolute atomic E-state index is 0.0110. The predicted octanol–water partition coefficient (Wildman–Crippen LogP) is 2.48. The van der Waals surface area contributed by atoms with E-state index in [1.165, 1.54) is 6.07 Å². The van der Waals surface area contributed by atoms with Gasteiger partial charge in [0, 0.05) is 5.69 Å². The molecule has 0 radical (unpaired) electrons. The van der Waals surface area contributed by atoms with Gasteiger partial charge in [0.15, 0.2) is 5.78 Å². The van der Waals surface area contributed by atoms with E-state index >= 15 is 0 Å². The molecular formula is C8H6Cl2FNO. The SMILES string of the molecule is Nc1cc(F)c(C(=O)CCl)c(Cl)c1. The van der Waals surface area contributed by atoms with Gasteiger partial charge in [-0.05, 0) is 12.1 Å². The lowest BCUT2D eigenvalue weighted by atomic mass is 10.1. The molecule has 1 aromatic carbocycles. The highest BCUT2D eigenvalue weighted by Crippen LogP contribution is 2.23. The van der Waals surface area contributed by atoms with Crippen LogP contribution in [0.3, 0.4) is 0 Å². The molecule has 0 unspecified atom stereocenters. The third-order valence-electron chi connectivity index (χ3n) is 1.46. The van der Waals surface area contributed by atoms with Crippen LogP contribution in [-0.2, 0) is 0 Å². The van der Waals surface area contributed by atoms with Crippen LogP contribution >= 0.6 is 23.2 Å². The Hall–Kier alpha value is -0.800. The summed E-state index contributed by atoms with van der Waals surface area (Å²) in [5.74, 6) is -1.60. The summed E-state index contributed by atoms with van der Waals surface area (Å²) >= 11 is 10.9. The summed E-state index contributed by atoms with van der Waals surface area (Å²) in [6.45, 7) is 0. The Bertz CT molecular complexity index is 331. The van der Waals surface area contributed by atoms with Crippen LogP contribution in [-0.4, -0.2) is 11.7 Å². The maximum Gasteiger partial charge on any atom is 0.182 e. The van der Waals surface area contributed by atoms with Gasteiger partial charge in [-0.25, -0.2) is 4.39 Å². The molecule has 0 atom stereocenters. The first-order chi connectivity index (χ1) is 6.06. The molecule has 0 bridgehead atoms. The lowest BCUT2D eigenvalue weighted by molar-refractivity contribution is 0.101. The summed E-state index contributed by atoms with van der Waals surface area (Å²) in [6.07, 6.45) is 0. The number of benzene rings is 1. The topological polar surface area (TPSA) is 43.1 Å². The fourth-order valence-corrected chi connectivity index (χ4v) is 1.38. The van der Waals surface area contributed by atoms with Crippen molar-refractivity contribution in [3.8, 4) is 0 Å². The van der Waals surface area contributed by atoms with Crippen molar-refractivity contribution in [3.63, 3.8) is 0 Å². The minimum atomic E-state index is -0.740. The molecule has 0 aliphatic heterocycles. The number of nitrogen functional groups attached to an aromatic ring is 1. The second-order valence-corrected chi connectivity index (χ2v) is 3.09. The quantitative estimate of drug-likeness (QED) is 0.474. The average Bonchev–Trinajstić information content (AvgIpc) is 2.02. The molecule has 0 aromatic heterocycles. The molecule has 1 rings (SSSR count). The van der Waals surface area contributed by atoms with Gasteiger partial charge in [0.25, 0.3) is 0 Å². The van der Waals surface area contributed by atoms with Crippen LogP contribution in [0.25, 0.3) is 0 Å². The Kier molecular flexibility index (Phi) is 3.12. The van der Waals surface area contributed by atoms with Gasteiger partial charge in [-0.15, -0.1) is 11.6 Å². The molecule has 70 valence electrons. The van der Waals surface area contributed by atoms with E-state index in [2.05, 4.69) is 0 Å². The number of ketones is 1. The monoisotopic (exact) mass is 221 g/mol. The summed E-state index contributed by atoms with van der Waals surface area (Å²) in [4.78, 5) is 11.1. The normalized spacial score (nSPS) is 10.1. The van der Waals surface area contributed by atoms with Gasteiger partial charge in [-0.1, -0.05) is 11.6 Å². The Labute approximate surface area is 84.4 Å². The van der Waals surface area contributed by atoms with Crippen molar-refractivity contribution in [1.82, 2.24) is 0 Å². The van der Waals surface area contributed by atoms with E-state index < -0.39 is 11.6 Å². The summed E-state index contributed by atoms with van der Waals surface area (Å²) in [6, 6.07) is 2.34. The number of carbonyl (C=O) groups excluding carboxylic acids is 1. The number of halogens is 3. The van der Waals surface area contributed by atoms with Gasteiger partial charge in [0.1, 0.15) is 5.82 Å². The Morgan fingerprint density at radius 3 is 2.62 bits per heavy atom. The van der Waals surface area contributed by atoms with Crippen LogP contribution in [0.2, 0.25) is 5.02 Å². The number of carbonyl (C=O) groups is 1. The Morgan fingerprint density at radius 2 is 2.15 bits per heavy atom. The molecule has 0 amide bonds. The zero-order valence-electron chi connectivity index (χ0n) is 6.48. The molecule has 0 saturated heterocycles. The van der Waals surface area contributed by atoms with Crippen LogP contribution in [0.4, 0.5) is 10.1 Å². The molecule has 2 N–H and O–H groups in total. The van der Waals surface area contributed by atoms with Crippen LogP contribution in [0.5, 0.6) is 0 Å². The highest BCUT2D eigenvalue weighted by atomic mass is 35.5. The van der Waals surface area contributed by atoms with E-state index in [-0.39, 0.29) is 22.2 Å². The van der Waals surface area contributed by atoms with Crippen molar-refractivity contribution in [3.05, 3.63) is 28.5 Å². The molecule has 0 saturated carbocycles. The Morgan fingerprint density at radius 1 is 1.54 bits per heavy atom. The minimum Gasteiger partial charge on any atom is -0.399 e. The van der Waals surface area contributed by atoms with Crippen molar-refractivity contribution in [1.29, 1.82) is 0 Å². The van der Waals surface area contributed by atoms with E-state index in [1.54, 1.807) is 0 Å².